The minimum atomic E-state index is 0.584. The van der Waals surface area contributed by atoms with Gasteiger partial charge in [-0.05, 0) is 73.7 Å². The zero-order valence-corrected chi connectivity index (χ0v) is 16.4. The van der Waals surface area contributed by atoms with Crippen molar-refractivity contribution in [1.82, 2.24) is 9.97 Å². The highest BCUT2D eigenvalue weighted by Crippen LogP contribution is 2.23. The molecule has 0 bridgehead atoms. The molecular formula is C23H27N5. The summed E-state index contributed by atoms with van der Waals surface area (Å²) in [5.41, 5.74) is 4.62. The quantitative estimate of drug-likeness (QED) is 0.596. The Labute approximate surface area is 166 Å². The molecule has 1 fully saturated rings. The van der Waals surface area contributed by atoms with E-state index in [1.807, 2.05) is 6.07 Å². The van der Waals surface area contributed by atoms with Gasteiger partial charge < -0.3 is 15.5 Å². The predicted octanol–water partition coefficient (Wildman–Crippen LogP) is 5.52. The summed E-state index contributed by atoms with van der Waals surface area (Å²) in [5.74, 6) is 1.35. The molecule has 5 heteroatoms. The molecule has 0 spiro atoms. The first kappa shape index (κ1) is 18.3. The summed E-state index contributed by atoms with van der Waals surface area (Å²) < 4.78 is 0. The highest BCUT2D eigenvalue weighted by atomic mass is 15.1. The fourth-order valence-electron chi connectivity index (χ4n) is 3.50. The number of benzene rings is 2. The Kier molecular flexibility index (Phi) is 5.71. The molecule has 0 radical (unpaired) electrons. The van der Waals surface area contributed by atoms with Gasteiger partial charge in [0.05, 0.1) is 0 Å². The minimum Gasteiger partial charge on any atom is -0.372 e. The first-order valence-electron chi connectivity index (χ1n) is 10.1. The molecule has 1 saturated heterocycles. The van der Waals surface area contributed by atoms with Crippen LogP contribution in [0.4, 0.5) is 28.8 Å². The first-order chi connectivity index (χ1) is 13.8. The van der Waals surface area contributed by atoms with Gasteiger partial charge in [-0.1, -0.05) is 19.1 Å². The third-order valence-electron chi connectivity index (χ3n) is 5.13. The molecule has 144 valence electrons. The number of hydrogen-bond donors (Lipinski definition) is 2. The highest BCUT2D eigenvalue weighted by molar-refractivity contribution is 5.62. The number of aryl methyl sites for hydroxylation is 1. The Morgan fingerprint density at radius 1 is 0.821 bits per heavy atom. The average Bonchev–Trinajstić information content (AvgIpc) is 2.76. The Morgan fingerprint density at radius 2 is 1.50 bits per heavy atom. The third kappa shape index (κ3) is 4.60. The largest absolute Gasteiger partial charge is 0.372 e. The Morgan fingerprint density at radius 3 is 2.21 bits per heavy atom. The van der Waals surface area contributed by atoms with E-state index in [1.165, 1.54) is 30.5 Å². The summed E-state index contributed by atoms with van der Waals surface area (Å²) in [6.07, 6.45) is 6.72. The van der Waals surface area contributed by atoms with E-state index in [0.717, 1.165) is 36.7 Å². The van der Waals surface area contributed by atoms with Gasteiger partial charge in [-0.2, -0.15) is 4.98 Å². The summed E-state index contributed by atoms with van der Waals surface area (Å²) in [7, 11) is 0. The van der Waals surface area contributed by atoms with Crippen molar-refractivity contribution < 1.29 is 0 Å². The summed E-state index contributed by atoms with van der Waals surface area (Å²) in [4.78, 5) is 11.4. The number of nitrogens with one attached hydrogen (secondary N) is 2. The third-order valence-corrected chi connectivity index (χ3v) is 5.13. The second-order valence-electron chi connectivity index (χ2n) is 7.16. The number of nitrogens with zero attached hydrogens (tertiary/aromatic N) is 3. The van der Waals surface area contributed by atoms with Crippen molar-refractivity contribution in [3.8, 4) is 0 Å². The topological polar surface area (TPSA) is 53.1 Å². The van der Waals surface area contributed by atoms with E-state index in [0.29, 0.717) is 5.95 Å². The first-order valence-corrected chi connectivity index (χ1v) is 10.1. The molecule has 1 aliphatic rings. The lowest BCUT2D eigenvalue weighted by atomic mass is 10.1. The molecule has 2 aromatic carbocycles. The van der Waals surface area contributed by atoms with Crippen LogP contribution in [0.3, 0.4) is 0 Å². The highest BCUT2D eigenvalue weighted by Gasteiger charge is 2.10. The summed E-state index contributed by atoms with van der Waals surface area (Å²) in [6.45, 7) is 4.47. The SMILES string of the molecule is CCc1ccc(Nc2ccnc(Nc3ccc(N4CCCCC4)cc3)n2)cc1. The van der Waals surface area contributed by atoms with Crippen LogP contribution >= 0.6 is 0 Å². The molecule has 0 unspecified atom stereocenters. The molecule has 0 amide bonds. The lowest BCUT2D eigenvalue weighted by Gasteiger charge is -2.28. The standard InChI is InChI=1S/C23H27N5/c1-2-18-6-8-19(9-7-18)25-22-14-15-24-23(27-22)26-20-10-12-21(13-11-20)28-16-4-3-5-17-28/h6-15H,2-5,16-17H2,1H3,(H2,24,25,26,27). The van der Waals surface area contributed by atoms with Gasteiger partial charge in [0, 0.05) is 36.3 Å². The zero-order chi connectivity index (χ0) is 19.2. The zero-order valence-electron chi connectivity index (χ0n) is 16.4. The predicted molar refractivity (Wildman–Crippen MR) is 117 cm³/mol. The van der Waals surface area contributed by atoms with E-state index in [2.05, 4.69) is 81.0 Å². The van der Waals surface area contributed by atoms with E-state index in [1.54, 1.807) is 6.20 Å². The fraction of sp³-hybridized carbons (Fsp3) is 0.304. The van der Waals surface area contributed by atoms with Crippen molar-refractivity contribution in [2.24, 2.45) is 0 Å². The molecule has 2 N–H and O–H groups in total. The van der Waals surface area contributed by atoms with Crippen LogP contribution in [0.1, 0.15) is 31.7 Å². The smallest absolute Gasteiger partial charge is 0.229 e. The molecule has 0 saturated carbocycles. The molecule has 0 aliphatic carbocycles. The fourth-order valence-corrected chi connectivity index (χ4v) is 3.50. The van der Waals surface area contributed by atoms with E-state index < -0.39 is 0 Å². The molecule has 1 aromatic heterocycles. The summed E-state index contributed by atoms with van der Waals surface area (Å²) in [5, 5.41) is 6.63. The van der Waals surface area contributed by atoms with Crippen molar-refractivity contribution in [3.05, 3.63) is 66.4 Å². The van der Waals surface area contributed by atoms with Crippen LogP contribution in [-0.4, -0.2) is 23.1 Å². The second-order valence-corrected chi connectivity index (χ2v) is 7.16. The molecule has 0 atom stereocenters. The Bertz CT molecular complexity index is 884. The Hall–Kier alpha value is -3.08. The number of piperidine rings is 1. The summed E-state index contributed by atoms with van der Waals surface area (Å²) in [6, 6.07) is 18.8. The maximum Gasteiger partial charge on any atom is 0.229 e. The average molecular weight is 374 g/mol. The van der Waals surface area contributed by atoms with Crippen molar-refractivity contribution >= 4 is 28.8 Å². The number of hydrogen-bond acceptors (Lipinski definition) is 5. The molecular weight excluding hydrogens is 346 g/mol. The van der Waals surface area contributed by atoms with Gasteiger partial charge in [0.25, 0.3) is 0 Å². The monoisotopic (exact) mass is 373 g/mol. The van der Waals surface area contributed by atoms with Gasteiger partial charge in [0.2, 0.25) is 5.95 Å². The van der Waals surface area contributed by atoms with Crippen LogP contribution in [0.5, 0.6) is 0 Å². The van der Waals surface area contributed by atoms with E-state index >= 15 is 0 Å². The van der Waals surface area contributed by atoms with Crippen molar-refractivity contribution in [3.63, 3.8) is 0 Å². The van der Waals surface area contributed by atoms with Gasteiger partial charge in [0.1, 0.15) is 5.82 Å². The molecule has 1 aliphatic heterocycles. The molecule has 28 heavy (non-hydrogen) atoms. The van der Waals surface area contributed by atoms with Crippen LogP contribution in [0.2, 0.25) is 0 Å². The molecule has 3 aromatic rings. The van der Waals surface area contributed by atoms with Crippen molar-refractivity contribution in [2.75, 3.05) is 28.6 Å². The summed E-state index contributed by atoms with van der Waals surface area (Å²) >= 11 is 0. The number of rotatable bonds is 6. The lowest BCUT2D eigenvalue weighted by Crippen LogP contribution is -2.29. The second kappa shape index (κ2) is 8.74. The van der Waals surface area contributed by atoms with E-state index in [4.69, 9.17) is 0 Å². The number of aromatic nitrogens is 2. The van der Waals surface area contributed by atoms with E-state index in [-0.39, 0.29) is 0 Å². The minimum absolute atomic E-state index is 0.584. The van der Waals surface area contributed by atoms with Crippen molar-refractivity contribution in [2.45, 2.75) is 32.6 Å². The van der Waals surface area contributed by atoms with Crippen molar-refractivity contribution in [1.29, 1.82) is 0 Å². The number of anilines is 5. The van der Waals surface area contributed by atoms with Gasteiger partial charge in [-0.3, -0.25) is 0 Å². The molecule has 5 nitrogen and oxygen atoms in total. The van der Waals surface area contributed by atoms with Gasteiger partial charge in [-0.15, -0.1) is 0 Å². The van der Waals surface area contributed by atoms with Crippen LogP contribution in [0.25, 0.3) is 0 Å². The normalized spacial score (nSPS) is 14.0. The van der Waals surface area contributed by atoms with Crippen LogP contribution in [0, 0.1) is 0 Å². The van der Waals surface area contributed by atoms with E-state index in [9.17, 15) is 0 Å². The molecule has 4 rings (SSSR count). The maximum atomic E-state index is 4.57. The van der Waals surface area contributed by atoms with Gasteiger partial charge in [0.15, 0.2) is 0 Å². The molecule has 2 heterocycles. The van der Waals surface area contributed by atoms with Crippen LogP contribution in [0.15, 0.2) is 60.8 Å². The van der Waals surface area contributed by atoms with Gasteiger partial charge in [-0.25, -0.2) is 4.98 Å². The lowest BCUT2D eigenvalue weighted by molar-refractivity contribution is 0.578. The van der Waals surface area contributed by atoms with Crippen LogP contribution < -0.4 is 15.5 Å². The van der Waals surface area contributed by atoms with Crippen LogP contribution in [-0.2, 0) is 6.42 Å². The van der Waals surface area contributed by atoms with Gasteiger partial charge >= 0.3 is 0 Å². The Balaban J connectivity index is 1.41. The maximum absolute atomic E-state index is 4.57.